The van der Waals surface area contributed by atoms with Crippen LogP contribution in [0.15, 0.2) is 24.3 Å². The number of hydrogen-bond donors (Lipinski definition) is 1. The zero-order valence-corrected chi connectivity index (χ0v) is 10.4. The summed E-state index contributed by atoms with van der Waals surface area (Å²) in [7, 11) is 0. The number of carbonyl (C=O) groups is 2. The molecular formula is C13H12F3NO3. The number of nitrogens with zero attached hydrogens (tertiary/aromatic N) is 1. The minimum Gasteiger partial charge on any atom is -0.481 e. The number of halogens is 3. The molecule has 7 heteroatoms. The topological polar surface area (TPSA) is 57.6 Å². The normalized spacial score (nSPS) is 18.6. The van der Waals surface area contributed by atoms with Crippen LogP contribution in [0, 0.1) is 5.92 Å². The predicted octanol–water partition coefficient (Wildman–Crippen LogP) is 2.23. The van der Waals surface area contributed by atoms with Gasteiger partial charge in [0.2, 0.25) is 5.91 Å². The Labute approximate surface area is 112 Å². The average molecular weight is 287 g/mol. The van der Waals surface area contributed by atoms with Gasteiger partial charge in [-0.05, 0) is 18.1 Å². The van der Waals surface area contributed by atoms with Gasteiger partial charge in [-0.25, -0.2) is 0 Å². The highest BCUT2D eigenvalue weighted by Gasteiger charge is 2.38. The van der Waals surface area contributed by atoms with Gasteiger partial charge in [-0.3, -0.25) is 9.59 Å². The van der Waals surface area contributed by atoms with Gasteiger partial charge in [0.25, 0.3) is 0 Å². The van der Waals surface area contributed by atoms with E-state index in [9.17, 15) is 22.8 Å². The SMILES string of the molecule is O=C(O)C1Cc2ccccc2N(C(=O)CC(F)(F)F)C1. The molecule has 1 aromatic carbocycles. The molecule has 20 heavy (non-hydrogen) atoms. The largest absolute Gasteiger partial charge is 0.481 e. The van der Waals surface area contributed by atoms with Gasteiger partial charge in [-0.1, -0.05) is 18.2 Å². The fourth-order valence-corrected chi connectivity index (χ4v) is 2.26. The Morgan fingerprint density at radius 1 is 1.30 bits per heavy atom. The van der Waals surface area contributed by atoms with Crippen LogP contribution in [0.5, 0.6) is 0 Å². The summed E-state index contributed by atoms with van der Waals surface area (Å²) in [5, 5.41) is 9.04. The molecule has 1 atom stereocenters. The van der Waals surface area contributed by atoms with Crippen molar-refractivity contribution < 1.29 is 27.9 Å². The van der Waals surface area contributed by atoms with Gasteiger partial charge in [-0.2, -0.15) is 13.2 Å². The molecule has 1 heterocycles. The predicted molar refractivity (Wildman–Crippen MR) is 64.3 cm³/mol. The number of alkyl halides is 3. The molecule has 1 aliphatic rings. The number of hydrogen-bond acceptors (Lipinski definition) is 2. The van der Waals surface area contributed by atoms with Crippen LogP contribution in [0.1, 0.15) is 12.0 Å². The first-order valence-electron chi connectivity index (χ1n) is 5.96. The minimum atomic E-state index is -4.61. The molecule has 0 saturated carbocycles. The molecular weight excluding hydrogens is 275 g/mol. The van der Waals surface area contributed by atoms with E-state index < -0.39 is 30.4 Å². The Balaban J connectivity index is 2.31. The van der Waals surface area contributed by atoms with Crippen LogP contribution in [0.25, 0.3) is 0 Å². The van der Waals surface area contributed by atoms with E-state index in [1.54, 1.807) is 18.2 Å². The standard InChI is InChI=1S/C13H12F3NO3/c14-13(15,16)6-11(18)17-7-9(12(19)20)5-8-3-1-2-4-10(8)17/h1-4,9H,5-7H2,(H,19,20). The van der Waals surface area contributed by atoms with Gasteiger partial charge in [0.1, 0.15) is 6.42 Å². The second-order valence-corrected chi connectivity index (χ2v) is 4.66. The molecule has 1 unspecified atom stereocenters. The van der Waals surface area contributed by atoms with Gasteiger partial charge in [0.15, 0.2) is 0 Å². The van der Waals surface area contributed by atoms with Crippen molar-refractivity contribution in [3.63, 3.8) is 0 Å². The van der Waals surface area contributed by atoms with E-state index in [0.29, 0.717) is 11.3 Å². The number of anilines is 1. The molecule has 0 saturated heterocycles. The second kappa shape index (κ2) is 5.15. The molecule has 1 amide bonds. The lowest BCUT2D eigenvalue weighted by molar-refractivity contribution is -0.152. The summed E-state index contributed by atoms with van der Waals surface area (Å²) in [4.78, 5) is 23.7. The Hall–Kier alpha value is -2.05. The summed E-state index contributed by atoms with van der Waals surface area (Å²) in [5.74, 6) is -3.14. The maximum absolute atomic E-state index is 12.3. The number of aliphatic carboxylic acids is 1. The van der Waals surface area contributed by atoms with Gasteiger partial charge in [-0.15, -0.1) is 0 Å². The highest BCUT2D eigenvalue weighted by molar-refractivity contribution is 5.96. The molecule has 0 spiro atoms. The Morgan fingerprint density at radius 2 is 1.95 bits per heavy atom. The Morgan fingerprint density at radius 3 is 2.55 bits per heavy atom. The van der Waals surface area contributed by atoms with Crippen LogP contribution < -0.4 is 4.90 Å². The first kappa shape index (κ1) is 14.4. The zero-order valence-electron chi connectivity index (χ0n) is 10.4. The minimum absolute atomic E-state index is 0.210. The Kier molecular flexibility index (Phi) is 3.69. The molecule has 0 radical (unpaired) electrons. The van der Waals surface area contributed by atoms with Crippen molar-refractivity contribution in [3.8, 4) is 0 Å². The van der Waals surface area contributed by atoms with Crippen LogP contribution in [0.4, 0.5) is 18.9 Å². The maximum Gasteiger partial charge on any atom is 0.397 e. The first-order valence-corrected chi connectivity index (χ1v) is 5.96. The van der Waals surface area contributed by atoms with E-state index in [4.69, 9.17) is 5.11 Å². The van der Waals surface area contributed by atoms with E-state index >= 15 is 0 Å². The van der Waals surface area contributed by atoms with E-state index in [2.05, 4.69) is 0 Å². The average Bonchev–Trinajstić information content (AvgIpc) is 2.35. The van der Waals surface area contributed by atoms with E-state index in [0.717, 1.165) is 4.90 Å². The molecule has 1 aromatic rings. The summed E-state index contributed by atoms with van der Waals surface area (Å²) >= 11 is 0. The fourth-order valence-electron chi connectivity index (χ4n) is 2.26. The number of para-hydroxylation sites is 1. The summed E-state index contributed by atoms with van der Waals surface area (Å²) in [5.41, 5.74) is 0.931. The van der Waals surface area contributed by atoms with Crippen molar-refractivity contribution >= 4 is 17.6 Å². The molecule has 0 aromatic heterocycles. The third-order valence-corrected chi connectivity index (χ3v) is 3.15. The van der Waals surface area contributed by atoms with Gasteiger partial charge in [0.05, 0.1) is 5.92 Å². The quantitative estimate of drug-likeness (QED) is 0.907. The van der Waals surface area contributed by atoms with Crippen molar-refractivity contribution in [2.24, 2.45) is 5.92 Å². The highest BCUT2D eigenvalue weighted by Crippen LogP contribution is 2.32. The van der Waals surface area contributed by atoms with Crippen molar-refractivity contribution in [2.45, 2.75) is 19.0 Å². The number of carbonyl (C=O) groups excluding carboxylic acids is 1. The number of benzene rings is 1. The van der Waals surface area contributed by atoms with Crippen LogP contribution in [-0.4, -0.2) is 29.7 Å². The lowest BCUT2D eigenvalue weighted by Crippen LogP contribution is -2.43. The molecule has 1 N–H and O–H groups in total. The van der Waals surface area contributed by atoms with E-state index in [1.807, 2.05) is 0 Å². The lowest BCUT2D eigenvalue weighted by Gasteiger charge is -2.33. The molecule has 0 bridgehead atoms. The summed E-state index contributed by atoms with van der Waals surface area (Å²) in [6.07, 6.45) is -5.99. The molecule has 4 nitrogen and oxygen atoms in total. The number of carboxylic acid groups (broad SMARTS) is 1. The first-order chi connectivity index (χ1) is 9.28. The second-order valence-electron chi connectivity index (χ2n) is 4.66. The van der Waals surface area contributed by atoms with Crippen molar-refractivity contribution in [2.75, 3.05) is 11.4 Å². The number of amides is 1. The van der Waals surface area contributed by atoms with Crippen molar-refractivity contribution in [1.82, 2.24) is 0 Å². The smallest absolute Gasteiger partial charge is 0.397 e. The molecule has 1 aliphatic heterocycles. The van der Waals surface area contributed by atoms with E-state index in [-0.39, 0.29) is 13.0 Å². The van der Waals surface area contributed by atoms with Crippen molar-refractivity contribution in [1.29, 1.82) is 0 Å². The van der Waals surface area contributed by atoms with Gasteiger partial charge < -0.3 is 10.0 Å². The van der Waals surface area contributed by atoms with Crippen LogP contribution in [0.2, 0.25) is 0 Å². The van der Waals surface area contributed by atoms with Crippen LogP contribution in [-0.2, 0) is 16.0 Å². The molecule has 0 fully saturated rings. The maximum atomic E-state index is 12.3. The van der Waals surface area contributed by atoms with Gasteiger partial charge >= 0.3 is 12.1 Å². The zero-order chi connectivity index (χ0) is 14.9. The monoisotopic (exact) mass is 287 g/mol. The number of carboxylic acids is 1. The third-order valence-electron chi connectivity index (χ3n) is 3.15. The van der Waals surface area contributed by atoms with Gasteiger partial charge in [0, 0.05) is 12.2 Å². The summed E-state index contributed by atoms with van der Waals surface area (Å²) in [6.45, 7) is -0.235. The summed E-state index contributed by atoms with van der Waals surface area (Å²) < 4.78 is 37.0. The summed E-state index contributed by atoms with van der Waals surface area (Å²) in [6, 6.07) is 6.42. The highest BCUT2D eigenvalue weighted by atomic mass is 19.4. The van der Waals surface area contributed by atoms with Crippen LogP contribution >= 0.6 is 0 Å². The molecule has 108 valence electrons. The third kappa shape index (κ3) is 3.09. The van der Waals surface area contributed by atoms with Crippen LogP contribution in [0.3, 0.4) is 0 Å². The van der Waals surface area contributed by atoms with Crippen molar-refractivity contribution in [3.05, 3.63) is 29.8 Å². The van der Waals surface area contributed by atoms with E-state index in [1.165, 1.54) is 6.07 Å². The molecule has 2 rings (SSSR count). The lowest BCUT2D eigenvalue weighted by atomic mass is 9.92. The fraction of sp³-hybridized carbons (Fsp3) is 0.385. The number of rotatable bonds is 2. The molecule has 0 aliphatic carbocycles. The number of fused-ring (bicyclic) bond motifs is 1. The Bertz CT molecular complexity index is 542.